The molecule has 2 N–H and O–H groups in total. The summed E-state index contributed by atoms with van der Waals surface area (Å²) in [6.07, 6.45) is 0.716. The molecule has 0 aliphatic carbocycles. The second-order valence-corrected chi connectivity index (χ2v) is 6.91. The molecule has 0 aliphatic heterocycles. The third-order valence-corrected chi connectivity index (χ3v) is 4.86. The van der Waals surface area contributed by atoms with Gasteiger partial charge in [0.15, 0.2) is 0 Å². The van der Waals surface area contributed by atoms with Crippen LogP contribution in [-0.4, -0.2) is 20.5 Å². The zero-order valence-electron chi connectivity index (χ0n) is 12.3. The minimum Gasteiger partial charge on any atom is -0.464 e. The van der Waals surface area contributed by atoms with Crippen molar-refractivity contribution in [3.05, 3.63) is 17.6 Å². The highest BCUT2D eigenvalue weighted by Gasteiger charge is 2.27. The van der Waals surface area contributed by atoms with Crippen LogP contribution >= 0.6 is 0 Å². The van der Waals surface area contributed by atoms with Crippen LogP contribution in [0.1, 0.15) is 45.6 Å². The number of nitrogens with one attached hydrogen (secondary N) is 2. The van der Waals surface area contributed by atoms with E-state index in [0.29, 0.717) is 24.5 Å². The van der Waals surface area contributed by atoms with E-state index in [9.17, 15) is 8.42 Å². The SMILES string of the molecule is CCNCc1cc(S(=O)(=O)NC(C)(C)CC)c(C)o1. The van der Waals surface area contributed by atoms with Crippen molar-refractivity contribution < 1.29 is 12.8 Å². The van der Waals surface area contributed by atoms with Crippen molar-refractivity contribution in [2.24, 2.45) is 0 Å². The van der Waals surface area contributed by atoms with Crippen LogP contribution in [0.15, 0.2) is 15.4 Å². The fourth-order valence-electron chi connectivity index (χ4n) is 1.62. The number of aryl methyl sites for hydroxylation is 1. The molecule has 1 aromatic heterocycles. The maximum atomic E-state index is 12.3. The Morgan fingerprint density at radius 2 is 1.95 bits per heavy atom. The van der Waals surface area contributed by atoms with Crippen molar-refractivity contribution in [1.82, 2.24) is 10.0 Å². The summed E-state index contributed by atoms with van der Waals surface area (Å²) < 4.78 is 32.8. The molecule has 0 atom stereocenters. The Morgan fingerprint density at radius 3 is 2.47 bits per heavy atom. The Morgan fingerprint density at radius 1 is 1.32 bits per heavy atom. The molecule has 0 aromatic carbocycles. The highest BCUT2D eigenvalue weighted by Crippen LogP contribution is 2.22. The van der Waals surface area contributed by atoms with Gasteiger partial charge in [0.1, 0.15) is 16.4 Å². The fraction of sp³-hybridized carbons (Fsp3) is 0.692. The zero-order chi connectivity index (χ0) is 14.7. The minimum absolute atomic E-state index is 0.224. The van der Waals surface area contributed by atoms with E-state index in [-0.39, 0.29) is 4.90 Å². The lowest BCUT2D eigenvalue weighted by atomic mass is 10.0. The van der Waals surface area contributed by atoms with E-state index in [4.69, 9.17) is 4.42 Å². The van der Waals surface area contributed by atoms with Crippen molar-refractivity contribution in [3.8, 4) is 0 Å². The minimum atomic E-state index is -3.54. The maximum Gasteiger partial charge on any atom is 0.244 e. The largest absolute Gasteiger partial charge is 0.464 e. The van der Waals surface area contributed by atoms with Crippen LogP contribution in [-0.2, 0) is 16.6 Å². The summed E-state index contributed by atoms with van der Waals surface area (Å²) in [5.41, 5.74) is -0.468. The van der Waals surface area contributed by atoms with Crippen LogP contribution in [0, 0.1) is 6.92 Å². The lowest BCUT2D eigenvalue weighted by molar-refractivity contribution is 0.436. The number of rotatable bonds is 7. The van der Waals surface area contributed by atoms with E-state index in [2.05, 4.69) is 10.0 Å². The third kappa shape index (κ3) is 4.33. The van der Waals surface area contributed by atoms with Gasteiger partial charge in [-0.25, -0.2) is 13.1 Å². The van der Waals surface area contributed by atoms with Gasteiger partial charge in [-0.05, 0) is 33.7 Å². The standard InChI is InChI=1S/C13H24N2O3S/c1-6-13(4,5)15-19(16,17)12-8-11(9-14-7-2)18-10(12)3/h8,14-15H,6-7,9H2,1-5H3. The second-order valence-electron chi connectivity index (χ2n) is 5.26. The van der Waals surface area contributed by atoms with Gasteiger partial charge >= 0.3 is 0 Å². The monoisotopic (exact) mass is 288 g/mol. The van der Waals surface area contributed by atoms with Gasteiger partial charge in [-0.3, -0.25) is 0 Å². The molecule has 0 unspecified atom stereocenters. The van der Waals surface area contributed by atoms with E-state index in [1.54, 1.807) is 13.0 Å². The summed E-state index contributed by atoms with van der Waals surface area (Å²) in [6, 6.07) is 1.59. The first-order valence-electron chi connectivity index (χ1n) is 6.56. The summed E-state index contributed by atoms with van der Waals surface area (Å²) in [7, 11) is -3.54. The first kappa shape index (κ1) is 16.2. The molecule has 0 amide bonds. The van der Waals surface area contributed by atoms with Crippen molar-refractivity contribution in [2.75, 3.05) is 6.54 Å². The summed E-state index contributed by atoms with van der Waals surface area (Å²) in [5.74, 6) is 1.06. The molecule has 110 valence electrons. The Kier molecular flexibility index (Phi) is 5.18. The van der Waals surface area contributed by atoms with Crippen molar-refractivity contribution in [2.45, 2.75) is 58.0 Å². The normalized spacial score (nSPS) is 12.9. The Balaban J connectivity index is 2.98. The molecule has 1 heterocycles. The Bertz CT molecular complexity index is 518. The molecule has 6 heteroatoms. The molecular formula is C13H24N2O3S. The first-order chi connectivity index (χ1) is 8.72. The molecule has 0 fully saturated rings. The number of furan rings is 1. The molecule has 0 aliphatic rings. The predicted molar refractivity (Wildman–Crippen MR) is 75.5 cm³/mol. The lowest BCUT2D eigenvalue weighted by Crippen LogP contribution is -2.42. The summed E-state index contributed by atoms with van der Waals surface area (Å²) >= 11 is 0. The average Bonchev–Trinajstić information content (AvgIpc) is 2.67. The Hall–Kier alpha value is -0.850. The zero-order valence-corrected chi connectivity index (χ0v) is 13.1. The van der Waals surface area contributed by atoms with Gasteiger partial charge in [-0.1, -0.05) is 13.8 Å². The molecular weight excluding hydrogens is 264 g/mol. The van der Waals surface area contributed by atoms with Crippen LogP contribution in [0.4, 0.5) is 0 Å². The van der Waals surface area contributed by atoms with Crippen LogP contribution in [0.25, 0.3) is 0 Å². The second kappa shape index (κ2) is 6.07. The summed E-state index contributed by atoms with van der Waals surface area (Å²) in [6.45, 7) is 10.7. The van der Waals surface area contributed by atoms with E-state index in [0.717, 1.165) is 6.54 Å². The average molecular weight is 288 g/mol. The molecule has 1 rings (SSSR count). The van der Waals surface area contributed by atoms with Crippen molar-refractivity contribution in [1.29, 1.82) is 0 Å². The highest BCUT2D eigenvalue weighted by molar-refractivity contribution is 7.89. The van der Waals surface area contributed by atoms with Crippen molar-refractivity contribution in [3.63, 3.8) is 0 Å². The van der Waals surface area contributed by atoms with Gasteiger partial charge < -0.3 is 9.73 Å². The van der Waals surface area contributed by atoms with Crippen molar-refractivity contribution >= 4 is 10.0 Å². The third-order valence-electron chi connectivity index (χ3n) is 3.06. The fourth-order valence-corrected chi connectivity index (χ4v) is 3.31. The van der Waals surface area contributed by atoms with Crippen LogP contribution < -0.4 is 10.0 Å². The topological polar surface area (TPSA) is 71.3 Å². The first-order valence-corrected chi connectivity index (χ1v) is 8.04. The van der Waals surface area contributed by atoms with E-state index in [1.807, 2.05) is 27.7 Å². The van der Waals surface area contributed by atoms with E-state index in [1.165, 1.54) is 0 Å². The van der Waals surface area contributed by atoms with Crippen LogP contribution in [0.5, 0.6) is 0 Å². The molecule has 0 saturated carbocycles. The summed E-state index contributed by atoms with van der Waals surface area (Å²) in [4.78, 5) is 0.224. The molecule has 0 bridgehead atoms. The van der Waals surface area contributed by atoms with Gasteiger partial charge in [0.05, 0.1) is 6.54 Å². The summed E-state index contributed by atoms with van der Waals surface area (Å²) in [5, 5.41) is 3.11. The number of hydrogen-bond acceptors (Lipinski definition) is 4. The maximum absolute atomic E-state index is 12.3. The van der Waals surface area contributed by atoms with Crippen LogP contribution in [0.2, 0.25) is 0 Å². The molecule has 0 radical (unpaired) electrons. The lowest BCUT2D eigenvalue weighted by Gasteiger charge is -2.23. The molecule has 19 heavy (non-hydrogen) atoms. The molecule has 0 spiro atoms. The predicted octanol–water partition coefficient (Wildman–Crippen LogP) is 2.16. The van der Waals surface area contributed by atoms with E-state index >= 15 is 0 Å². The molecule has 1 aromatic rings. The molecule has 5 nitrogen and oxygen atoms in total. The van der Waals surface area contributed by atoms with Gasteiger partial charge in [0.2, 0.25) is 10.0 Å². The molecule has 0 saturated heterocycles. The van der Waals surface area contributed by atoms with E-state index < -0.39 is 15.6 Å². The Labute approximate surface area is 115 Å². The van der Waals surface area contributed by atoms with Gasteiger partial charge in [0, 0.05) is 11.6 Å². The highest BCUT2D eigenvalue weighted by atomic mass is 32.2. The van der Waals surface area contributed by atoms with Gasteiger partial charge in [-0.2, -0.15) is 0 Å². The van der Waals surface area contributed by atoms with Crippen LogP contribution in [0.3, 0.4) is 0 Å². The quantitative estimate of drug-likeness (QED) is 0.806. The smallest absolute Gasteiger partial charge is 0.244 e. The number of sulfonamides is 1. The number of hydrogen-bond donors (Lipinski definition) is 2. The van der Waals surface area contributed by atoms with Gasteiger partial charge in [-0.15, -0.1) is 0 Å². The van der Waals surface area contributed by atoms with Gasteiger partial charge in [0.25, 0.3) is 0 Å².